The molecule has 0 fully saturated rings. The van der Waals surface area contributed by atoms with Gasteiger partial charge >= 0.3 is 0 Å². The fraction of sp³-hybridized carbons (Fsp3) is 0.600. The van der Waals surface area contributed by atoms with Crippen LogP contribution in [-0.2, 0) is 0 Å². The first-order valence-electron chi connectivity index (χ1n) is 6.76. The number of benzene rings is 1. The zero-order valence-corrected chi connectivity index (χ0v) is 12.7. The van der Waals surface area contributed by atoms with Gasteiger partial charge in [-0.3, -0.25) is 0 Å². The molecule has 0 amide bonds. The lowest BCUT2D eigenvalue weighted by Gasteiger charge is -2.19. The maximum Gasteiger partial charge on any atom is 0.161 e. The van der Waals surface area contributed by atoms with Gasteiger partial charge in [0.2, 0.25) is 0 Å². The highest BCUT2D eigenvalue weighted by atomic mass is 79.9. The molecule has 0 radical (unpaired) electrons. The summed E-state index contributed by atoms with van der Waals surface area (Å²) in [5.41, 5.74) is 1.28. The Morgan fingerprint density at radius 2 is 1.94 bits per heavy atom. The van der Waals surface area contributed by atoms with Gasteiger partial charge in [0.05, 0.1) is 13.2 Å². The highest BCUT2D eigenvalue weighted by Crippen LogP contribution is 2.38. The lowest BCUT2D eigenvalue weighted by atomic mass is 9.96. The van der Waals surface area contributed by atoms with Crippen molar-refractivity contribution in [1.82, 2.24) is 0 Å². The lowest BCUT2D eigenvalue weighted by molar-refractivity contribution is 0.297. The van der Waals surface area contributed by atoms with Crippen molar-refractivity contribution < 1.29 is 9.47 Å². The minimum atomic E-state index is 0.384. The Bertz CT molecular complexity index is 392. The van der Waals surface area contributed by atoms with Crippen molar-refractivity contribution in [3.63, 3.8) is 0 Å². The molecular weight excluding hydrogens is 292 g/mol. The summed E-state index contributed by atoms with van der Waals surface area (Å²) in [7, 11) is 0. The van der Waals surface area contributed by atoms with Crippen molar-refractivity contribution in [2.75, 3.05) is 13.2 Å². The third-order valence-corrected chi connectivity index (χ3v) is 4.76. The summed E-state index contributed by atoms with van der Waals surface area (Å²) in [5.74, 6) is 2.39. The van der Waals surface area contributed by atoms with Crippen molar-refractivity contribution in [3.05, 3.63) is 23.8 Å². The van der Waals surface area contributed by atoms with E-state index in [1.54, 1.807) is 0 Å². The fourth-order valence-corrected chi connectivity index (χ4v) is 2.83. The number of rotatable bonds is 4. The predicted octanol–water partition coefficient (Wildman–Crippen LogP) is 4.72. The molecule has 0 bridgehead atoms. The summed E-state index contributed by atoms with van der Waals surface area (Å²) in [6.45, 7) is 6.00. The van der Waals surface area contributed by atoms with Gasteiger partial charge in [0.15, 0.2) is 11.5 Å². The maximum absolute atomic E-state index is 5.73. The highest BCUT2D eigenvalue weighted by Gasteiger charge is 2.18. The number of hydrogen-bond donors (Lipinski definition) is 0. The van der Waals surface area contributed by atoms with Crippen LogP contribution in [0.25, 0.3) is 0 Å². The van der Waals surface area contributed by atoms with Gasteiger partial charge in [0.25, 0.3) is 0 Å². The monoisotopic (exact) mass is 312 g/mol. The molecule has 2 unspecified atom stereocenters. The smallest absolute Gasteiger partial charge is 0.161 e. The van der Waals surface area contributed by atoms with Gasteiger partial charge in [0.1, 0.15) is 0 Å². The van der Waals surface area contributed by atoms with Gasteiger partial charge in [-0.25, -0.2) is 0 Å². The molecular formula is C15H21BrO2. The highest BCUT2D eigenvalue weighted by molar-refractivity contribution is 9.09. The minimum absolute atomic E-state index is 0.384. The first-order valence-corrected chi connectivity index (χ1v) is 7.67. The summed E-state index contributed by atoms with van der Waals surface area (Å²) >= 11 is 3.80. The number of alkyl halides is 1. The number of fused-ring (bicyclic) bond motifs is 1. The van der Waals surface area contributed by atoms with E-state index in [0.29, 0.717) is 10.7 Å². The van der Waals surface area contributed by atoms with Crippen LogP contribution in [0.4, 0.5) is 0 Å². The molecule has 1 aromatic carbocycles. The summed E-state index contributed by atoms with van der Waals surface area (Å²) in [5, 5.41) is 0. The standard InChI is InChI=1S/C15H21BrO2/c1-3-5-11(2)15(16)12-6-7-13-14(10-12)18-9-4-8-17-13/h6-7,10-11,15H,3-5,8-9H2,1-2H3. The Hall–Kier alpha value is -0.700. The summed E-state index contributed by atoms with van der Waals surface area (Å²) in [6.07, 6.45) is 3.40. The van der Waals surface area contributed by atoms with Crippen LogP contribution in [0.5, 0.6) is 11.5 Å². The molecule has 100 valence electrons. The van der Waals surface area contributed by atoms with Gasteiger partial charge < -0.3 is 9.47 Å². The first kappa shape index (κ1) is 13.7. The molecule has 2 nitrogen and oxygen atoms in total. The van der Waals surface area contributed by atoms with Crippen LogP contribution in [-0.4, -0.2) is 13.2 Å². The van der Waals surface area contributed by atoms with E-state index in [-0.39, 0.29) is 0 Å². The van der Waals surface area contributed by atoms with Crippen LogP contribution in [0.3, 0.4) is 0 Å². The lowest BCUT2D eigenvalue weighted by Crippen LogP contribution is -2.04. The number of halogens is 1. The van der Waals surface area contributed by atoms with E-state index in [9.17, 15) is 0 Å². The quantitative estimate of drug-likeness (QED) is 0.749. The van der Waals surface area contributed by atoms with Crippen LogP contribution < -0.4 is 9.47 Å². The third-order valence-electron chi connectivity index (χ3n) is 3.33. The molecule has 0 spiro atoms. The molecule has 0 N–H and O–H groups in total. The molecule has 1 aromatic rings. The molecule has 0 saturated heterocycles. The van der Waals surface area contributed by atoms with Crippen molar-refractivity contribution in [2.24, 2.45) is 5.92 Å². The second-order valence-corrected chi connectivity index (χ2v) is 5.91. The normalized spacial score (nSPS) is 17.9. The van der Waals surface area contributed by atoms with Gasteiger partial charge in [-0.2, -0.15) is 0 Å². The predicted molar refractivity (Wildman–Crippen MR) is 77.8 cm³/mol. The molecule has 18 heavy (non-hydrogen) atoms. The molecule has 2 rings (SSSR count). The number of hydrogen-bond acceptors (Lipinski definition) is 2. The van der Waals surface area contributed by atoms with Gasteiger partial charge in [-0.15, -0.1) is 0 Å². The van der Waals surface area contributed by atoms with E-state index in [1.807, 2.05) is 6.07 Å². The summed E-state index contributed by atoms with van der Waals surface area (Å²) in [6, 6.07) is 6.29. The number of ether oxygens (including phenoxy) is 2. The van der Waals surface area contributed by atoms with Crippen LogP contribution in [0.15, 0.2) is 18.2 Å². The Labute approximate surface area is 118 Å². The third kappa shape index (κ3) is 3.19. The molecule has 0 saturated carbocycles. The van der Waals surface area contributed by atoms with Crippen molar-refractivity contribution >= 4 is 15.9 Å². The summed E-state index contributed by atoms with van der Waals surface area (Å²) in [4.78, 5) is 0.384. The van der Waals surface area contributed by atoms with Crippen LogP contribution in [0, 0.1) is 5.92 Å². The fourth-order valence-electron chi connectivity index (χ4n) is 2.28. The zero-order chi connectivity index (χ0) is 13.0. The van der Waals surface area contributed by atoms with Crippen molar-refractivity contribution in [1.29, 1.82) is 0 Å². The Balaban J connectivity index is 2.17. The Morgan fingerprint density at radius 3 is 2.67 bits per heavy atom. The average Bonchev–Trinajstić information content (AvgIpc) is 2.62. The second-order valence-electron chi connectivity index (χ2n) is 4.92. The van der Waals surface area contributed by atoms with Crippen LogP contribution >= 0.6 is 15.9 Å². The van der Waals surface area contributed by atoms with Crippen molar-refractivity contribution in [2.45, 2.75) is 37.9 Å². The average molecular weight is 313 g/mol. The van der Waals surface area contributed by atoms with E-state index in [1.165, 1.54) is 18.4 Å². The van der Waals surface area contributed by atoms with E-state index < -0.39 is 0 Å². The first-order chi connectivity index (χ1) is 8.72. The molecule has 1 heterocycles. The van der Waals surface area contributed by atoms with Crippen molar-refractivity contribution in [3.8, 4) is 11.5 Å². The second kappa shape index (κ2) is 6.46. The molecule has 1 aliphatic rings. The minimum Gasteiger partial charge on any atom is -0.490 e. The van der Waals surface area contributed by atoms with Crippen LogP contribution in [0.1, 0.15) is 43.5 Å². The SMILES string of the molecule is CCCC(C)C(Br)c1ccc2c(c1)OCCCO2. The van der Waals surface area contributed by atoms with Gasteiger partial charge in [0, 0.05) is 11.2 Å². The van der Waals surface area contributed by atoms with Crippen LogP contribution in [0.2, 0.25) is 0 Å². The molecule has 1 aliphatic heterocycles. The van der Waals surface area contributed by atoms with E-state index >= 15 is 0 Å². The molecule has 0 aliphatic carbocycles. The van der Waals surface area contributed by atoms with Gasteiger partial charge in [-0.1, -0.05) is 42.3 Å². The molecule has 0 aromatic heterocycles. The Kier molecular flexibility index (Phi) is 4.93. The maximum atomic E-state index is 5.73. The van der Waals surface area contributed by atoms with E-state index in [2.05, 4.69) is 41.9 Å². The largest absolute Gasteiger partial charge is 0.490 e. The molecule has 2 atom stereocenters. The molecule has 3 heteroatoms. The Morgan fingerprint density at radius 1 is 1.22 bits per heavy atom. The topological polar surface area (TPSA) is 18.5 Å². The summed E-state index contributed by atoms with van der Waals surface area (Å²) < 4.78 is 11.4. The van der Waals surface area contributed by atoms with E-state index in [0.717, 1.165) is 31.1 Å². The van der Waals surface area contributed by atoms with Gasteiger partial charge in [-0.05, 0) is 30.0 Å². The van der Waals surface area contributed by atoms with E-state index in [4.69, 9.17) is 9.47 Å². The zero-order valence-electron chi connectivity index (χ0n) is 11.1.